The topological polar surface area (TPSA) is 48.7 Å². The zero-order chi connectivity index (χ0) is 14.9. The van der Waals surface area contributed by atoms with Gasteiger partial charge in [0.15, 0.2) is 10.8 Å². The van der Waals surface area contributed by atoms with Crippen molar-refractivity contribution in [2.45, 2.75) is 24.6 Å². The Hall–Kier alpha value is -1.63. The zero-order valence-corrected chi connectivity index (χ0v) is 13.2. The van der Waals surface area contributed by atoms with E-state index >= 15 is 0 Å². The average Bonchev–Trinajstić information content (AvgIpc) is 2.97. The third kappa shape index (κ3) is 2.47. The third-order valence-electron chi connectivity index (χ3n) is 3.94. The lowest BCUT2D eigenvalue weighted by Crippen LogP contribution is -2.25. The number of benzene rings is 1. The number of rotatable bonds is 3. The number of aromatic nitrogens is 3. The first-order valence-corrected chi connectivity index (χ1v) is 8.37. The highest BCUT2D eigenvalue weighted by molar-refractivity contribution is 7.99. The maximum absolute atomic E-state index is 5.59. The van der Waals surface area contributed by atoms with Gasteiger partial charge in [-0.3, -0.25) is 4.40 Å². The Morgan fingerprint density at radius 1 is 1.32 bits per heavy atom. The van der Waals surface area contributed by atoms with E-state index in [0.717, 1.165) is 35.1 Å². The van der Waals surface area contributed by atoms with Crippen LogP contribution in [0.25, 0.3) is 16.6 Å². The van der Waals surface area contributed by atoms with Crippen LogP contribution in [0.15, 0.2) is 35.5 Å². The Kier molecular flexibility index (Phi) is 3.73. The molecule has 3 heterocycles. The maximum Gasteiger partial charge on any atom is 0.196 e. The normalized spacial score (nSPS) is 19.0. The Bertz CT molecular complexity index is 812. The van der Waals surface area contributed by atoms with Crippen LogP contribution in [-0.2, 0) is 9.47 Å². The van der Waals surface area contributed by atoms with Crippen LogP contribution in [0, 0.1) is 6.92 Å². The molecule has 1 fully saturated rings. The lowest BCUT2D eigenvalue weighted by Gasteiger charge is -2.21. The minimum atomic E-state index is 0.225. The van der Waals surface area contributed by atoms with Crippen LogP contribution in [0.3, 0.4) is 0 Å². The molecule has 1 aromatic carbocycles. The van der Waals surface area contributed by atoms with E-state index in [-0.39, 0.29) is 6.10 Å². The highest BCUT2D eigenvalue weighted by atomic mass is 32.2. The summed E-state index contributed by atoms with van der Waals surface area (Å²) in [5.74, 6) is 0.867. The van der Waals surface area contributed by atoms with Gasteiger partial charge < -0.3 is 9.47 Å². The van der Waals surface area contributed by atoms with Gasteiger partial charge in [-0.15, -0.1) is 10.2 Å². The number of hydrogen-bond acceptors (Lipinski definition) is 5. The first-order valence-electron chi connectivity index (χ1n) is 7.38. The Labute approximate surface area is 132 Å². The summed E-state index contributed by atoms with van der Waals surface area (Å²) in [7, 11) is 0. The molecule has 0 N–H and O–H groups in total. The number of hydrogen-bond donors (Lipinski definition) is 0. The summed E-state index contributed by atoms with van der Waals surface area (Å²) in [6.07, 6.45) is 1.16. The molecule has 1 aliphatic heterocycles. The second kappa shape index (κ2) is 5.87. The predicted molar refractivity (Wildman–Crippen MR) is 86.3 cm³/mol. The van der Waals surface area contributed by atoms with E-state index in [4.69, 9.17) is 9.47 Å². The molecule has 22 heavy (non-hydrogen) atoms. The molecule has 0 spiro atoms. The van der Waals surface area contributed by atoms with E-state index in [2.05, 4.69) is 51.9 Å². The first-order chi connectivity index (χ1) is 10.8. The molecule has 0 unspecified atom stereocenters. The van der Waals surface area contributed by atoms with Gasteiger partial charge in [0.1, 0.15) is 6.79 Å². The lowest BCUT2D eigenvalue weighted by atomic mass is 10.1. The second-order valence-corrected chi connectivity index (χ2v) is 6.42. The Balaban J connectivity index is 1.70. The first kappa shape index (κ1) is 14.0. The molecule has 0 amide bonds. The summed E-state index contributed by atoms with van der Waals surface area (Å²) in [4.78, 5) is 0. The molecule has 0 saturated carbocycles. The van der Waals surface area contributed by atoms with Gasteiger partial charge in [-0.1, -0.05) is 30.0 Å². The van der Waals surface area contributed by atoms with Crippen molar-refractivity contribution in [1.82, 2.24) is 14.6 Å². The molecule has 6 heteroatoms. The summed E-state index contributed by atoms with van der Waals surface area (Å²) in [5.41, 5.74) is 3.27. The van der Waals surface area contributed by atoms with E-state index < -0.39 is 0 Å². The van der Waals surface area contributed by atoms with Gasteiger partial charge in [0.25, 0.3) is 0 Å². The van der Waals surface area contributed by atoms with Crippen molar-refractivity contribution in [2.24, 2.45) is 0 Å². The third-order valence-corrected chi connectivity index (χ3v) is 5.00. The van der Waals surface area contributed by atoms with Crippen LogP contribution in [-0.4, -0.2) is 39.9 Å². The van der Waals surface area contributed by atoms with E-state index in [0.29, 0.717) is 6.79 Å². The number of pyridine rings is 1. The van der Waals surface area contributed by atoms with Crippen LogP contribution in [0.2, 0.25) is 0 Å². The largest absolute Gasteiger partial charge is 0.355 e. The Morgan fingerprint density at radius 3 is 3.09 bits per heavy atom. The predicted octanol–water partition coefficient (Wildman–Crippen LogP) is 3.05. The van der Waals surface area contributed by atoms with Gasteiger partial charge in [-0.05, 0) is 31.0 Å². The number of thioether (sulfide) groups is 1. The SMILES string of the molecule is Cc1cc2nnc(SC[C@H]3CCOCO3)n2c2ccccc12. The lowest BCUT2D eigenvalue weighted by molar-refractivity contribution is -0.130. The minimum absolute atomic E-state index is 0.225. The Morgan fingerprint density at radius 2 is 2.23 bits per heavy atom. The molecule has 1 saturated heterocycles. The van der Waals surface area contributed by atoms with E-state index in [1.807, 2.05) is 0 Å². The number of nitrogens with zero attached hydrogens (tertiary/aromatic N) is 3. The fourth-order valence-electron chi connectivity index (χ4n) is 2.77. The molecular formula is C16H17N3O2S. The van der Waals surface area contributed by atoms with Crippen LogP contribution in [0.1, 0.15) is 12.0 Å². The minimum Gasteiger partial charge on any atom is -0.355 e. The summed E-state index contributed by atoms with van der Waals surface area (Å²) >= 11 is 1.69. The van der Waals surface area contributed by atoms with Gasteiger partial charge in [0.05, 0.1) is 18.2 Å². The molecule has 1 atom stereocenters. The molecule has 4 rings (SSSR count). The highest BCUT2D eigenvalue weighted by Crippen LogP contribution is 2.26. The highest BCUT2D eigenvalue weighted by Gasteiger charge is 2.17. The summed E-state index contributed by atoms with van der Waals surface area (Å²) in [6, 6.07) is 10.5. The van der Waals surface area contributed by atoms with Gasteiger partial charge in [0, 0.05) is 11.1 Å². The van der Waals surface area contributed by atoms with Crippen molar-refractivity contribution in [3.63, 3.8) is 0 Å². The quantitative estimate of drug-likeness (QED) is 0.695. The van der Waals surface area contributed by atoms with Crippen molar-refractivity contribution >= 4 is 28.3 Å². The number of para-hydroxylation sites is 1. The van der Waals surface area contributed by atoms with Crippen molar-refractivity contribution in [1.29, 1.82) is 0 Å². The fraction of sp³-hybridized carbons (Fsp3) is 0.375. The van der Waals surface area contributed by atoms with Gasteiger partial charge in [0.2, 0.25) is 0 Å². The van der Waals surface area contributed by atoms with Crippen LogP contribution >= 0.6 is 11.8 Å². The zero-order valence-electron chi connectivity index (χ0n) is 12.4. The monoisotopic (exact) mass is 315 g/mol. The van der Waals surface area contributed by atoms with E-state index in [1.165, 1.54) is 10.9 Å². The van der Waals surface area contributed by atoms with E-state index in [1.54, 1.807) is 11.8 Å². The summed E-state index contributed by atoms with van der Waals surface area (Å²) in [5, 5.41) is 10.8. The molecule has 1 aliphatic rings. The van der Waals surface area contributed by atoms with Gasteiger partial charge >= 0.3 is 0 Å². The number of fused-ring (bicyclic) bond motifs is 3. The fourth-order valence-corrected chi connectivity index (χ4v) is 3.79. The average molecular weight is 315 g/mol. The maximum atomic E-state index is 5.59. The molecule has 3 aromatic rings. The van der Waals surface area contributed by atoms with Crippen molar-refractivity contribution in [3.05, 3.63) is 35.9 Å². The van der Waals surface area contributed by atoms with E-state index in [9.17, 15) is 0 Å². The molecule has 5 nitrogen and oxygen atoms in total. The van der Waals surface area contributed by atoms with Crippen LogP contribution in [0.5, 0.6) is 0 Å². The molecule has 0 aliphatic carbocycles. The van der Waals surface area contributed by atoms with Gasteiger partial charge in [-0.2, -0.15) is 0 Å². The van der Waals surface area contributed by atoms with Gasteiger partial charge in [-0.25, -0.2) is 0 Å². The molecular weight excluding hydrogens is 298 g/mol. The molecule has 0 radical (unpaired) electrons. The molecule has 2 aromatic heterocycles. The standard InChI is InChI=1S/C16H17N3O2S/c1-11-8-15-17-18-16(22-9-12-6-7-20-10-21-12)19(15)14-5-3-2-4-13(11)14/h2-5,8,12H,6-7,9-10H2,1H3/t12-/m1/s1. The smallest absolute Gasteiger partial charge is 0.196 e. The number of aryl methyl sites for hydroxylation is 1. The van der Waals surface area contributed by atoms with Crippen LogP contribution < -0.4 is 0 Å². The van der Waals surface area contributed by atoms with Crippen LogP contribution in [0.4, 0.5) is 0 Å². The summed E-state index contributed by atoms with van der Waals surface area (Å²) in [6.45, 7) is 3.28. The molecule has 0 bridgehead atoms. The summed E-state index contributed by atoms with van der Waals surface area (Å²) < 4.78 is 12.9. The second-order valence-electron chi connectivity index (χ2n) is 5.44. The van der Waals surface area contributed by atoms with Crippen molar-refractivity contribution in [2.75, 3.05) is 19.2 Å². The van der Waals surface area contributed by atoms with Crippen molar-refractivity contribution < 1.29 is 9.47 Å². The van der Waals surface area contributed by atoms with Crippen molar-refractivity contribution in [3.8, 4) is 0 Å². The molecule has 114 valence electrons. The number of ether oxygens (including phenoxy) is 2.